The molecule has 1 aromatic heterocycles. The highest BCUT2D eigenvalue weighted by Gasteiger charge is 2.23. The summed E-state index contributed by atoms with van der Waals surface area (Å²) in [5, 5.41) is 0. The minimum Gasteiger partial charge on any atom is -0.384 e. The fourth-order valence-electron chi connectivity index (χ4n) is 2.55. The van der Waals surface area contributed by atoms with E-state index in [1.165, 1.54) is 14.1 Å². The Bertz CT molecular complexity index is 868. The molecule has 1 heterocycles. The molecule has 7 nitrogen and oxygen atoms in total. The standard InChI is InChI=1S/C17H22N4O3/c1-11(12-8-6-5-7-9-12)19(2)10-13(22)14-15(18)20(3)17(24)21(4)16(14)23/h5-9,11H,10,18H2,1-4H3/t11-/m1/s1. The Morgan fingerprint density at radius 1 is 1.17 bits per heavy atom. The minimum atomic E-state index is -0.665. The number of nitrogens with two attached hydrogens (primary N) is 1. The maximum absolute atomic E-state index is 12.6. The summed E-state index contributed by atoms with van der Waals surface area (Å²) in [5.74, 6) is -0.511. The number of benzene rings is 1. The second kappa shape index (κ2) is 6.84. The molecule has 0 radical (unpaired) electrons. The van der Waals surface area contributed by atoms with Crippen molar-refractivity contribution in [3.8, 4) is 0 Å². The van der Waals surface area contributed by atoms with Crippen LogP contribution in [0.4, 0.5) is 5.82 Å². The van der Waals surface area contributed by atoms with Gasteiger partial charge in [-0.1, -0.05) is 30.3 Å². The Labute approximate surface area is 139 Å². The Hall–Kier alpha value is -2.67. The topological polar surface area (TPSA) is 90.3 Å². The Morgan fingerprint density at radius 2 is 1.75 bits per heavy atom. The largest absolute Gasteiger partial charge is 0.384 e. The van der Waals surface area contributed by atoms with Crippen LogP contribution in [0.1, 0.15) is 28.9 Å². The summed E-state index contributed by atoms with van der Waals surface area (Å²) in [5.41, 5.74) is 5.52. The Kier molecular flexibility index (Phi) is 5.04. The zero-order chi connectivity index (χ0) is 18.0. The molecule has 128 valence electrons. The molecule has 0 aliphatic carbocycles. The summed E-state index contributed by atoms with van der Waals surface area (Å²) >= 11 is 0. The quantitative estimate of drug-likeness (QED) is 0.808. The monoisotopic (exact) mass is 330 g/mol. The molecule has 0 amide bonds. The number of carbonyl (C=O) groups is 1. The number of hydrogen-bond acceptors (Lipinski definition) is 5. The molecule has 2 N–H and O–H groups in total. The molecule has 0 saturated heterocycles. The van der Waals surface area contributed by atoms with E-state index in [4.69, 9.17) is 5.73 Å². The van der Waals surface area contributed by atoms with Crippen LogP contribution >= 0.6 is 0 Å². The van der Waals surface area contributed by atoms with E-state index in [9.17, 15) is 14.4 Å². The lowest BCUT2D eigenvalue weighted by atomic mass is 10.1. The number of anilines is 1. The van der Waals surface area contributed by atoms with Crippen LogP contribution in [0.15, 0.2) is 39.9 Å². The number of carbonyl (C=O) groups excluding carboxylic acids is 1. The van der Waals surface area contributed by atoms with Gasteiger partial charge in [-0.2, -0.15) is 0 Å². The van der Waals surface area contributed by atoms with Crippen molar-refractivity contribution in [2.45, 2.75) is 13.0 Å². The van der Waals surface area contributed by atoms with Crippen LogP contribution < -0.4 is 17.0 Å². The normalized spacial score (nSPS) is 12.4. The molecule has 0 aliphatic heterocycles. The van der Waals surface area contributed by atoms with Crippen LogP contribution in [-0.4, -0.2) is 33.4 Å². The fourth-order valence-corrected chi connectivity index (χ4v) is 2.55. The van der Waals surface area contributed by atoms with Crippen LogP contribution in [0.5, 0.6) is 0 Å². The molecule has 0 aliphatic rings. The van der Waals surface area contributed by atoms with Crippen molar-refractivity contribution in [3.63, 3.8) is 0 Å². The van der Waals surface area contributed by atoms with Crippen molar-refractivity contribution < 1.29 is 4.79 Å². The van der Waals surface area contributed by atoms with Crippen molar-refractivity contribution in [1.29, 1.82) is 0 Å². The summed E-state index contributed by atoms with van der Waals surface area (Å²) < 4.78 is 2.00. The van der Waals surface area contributed by atoms with E-state index in [2.05, 4.69) is 0 Å². The van der Waals surface area contributed by atoms with Crippen LogP contribution in [0.3, 0.4) is 0 Å². The second-order valence-electron chi connectivity index (χ2n) is 5.89. The van der Waals surface area contributed by atoms with E-state index >= 15 is 0 Å². The number of nitrogens with zero attached hydrogens (tertiary/aromatic N) is 3. The van der Waals surface area contributed by atoms with Gasteiger partial charge in [0.2, 0.25) is 0 Å². The SMILES string of the molecule is C[C@H](c1ccccc1)N(C)CC(=O)c1c(N)n(C)c(=O)n(C)c1=O. The zero-order valence-electron chi connectivity index (χ0n) is 14.3. The number of Topliss-reactive ketones (excluding diaryl/α,β-unsaturated/α-hetero) is 1. The number of hydrogen-bond donors (Lipinski definition) is 1. The summed E-state index contributed by atoms with van der Waals surface area (Å²) in [7, 11) is 4.57. The minimum absolute atomic E-state index is 0.00671. The average molecular weight is 330 g/mol. The Balaban J connectivity index is 2.31. The van der Waals surface area contributed by atoms with Gasteiger partial charge in [0.25, 0.3) is 5.56 Å². The molecule has 2 aromatic rings. The van der Waals surface area contributed by atoms with Crippen molar-refractivity contribution in [3.05, 3.63) is 62.3 Å². The van der Waals surface area contributed by atoms with Crippen molar-refractivity contribution >= 4 is 11.6 Å². The van der Waals surface area contributed by atoms with Gasteiger partial charge in [0.1, 0.15) is 11.4 Å². The number of aromatic nitrogens is 2. The lowest BCUT2D eigenvalue weighted by Crippen LogP contribution is -2.43. The summed E-state index contributed by atoms with van der Waals surface area (Å²) in [6, 6.07) is 9.74. The van der Waals surface area contributed by atoms with Gasteiger partial charge in [-0.3, -0.25) is 23.6 Å². The molecule has 0 fully saturated rings. The molecule has 1 aromatic carbocycles. The smallest absolute Gasteiger partial charge is 0.332 e. The molecule has 24 heavy (non-hydrogen) atoms. The molecule has 7 heteroatoms. The molecule has 1 atom stereocenters. The van der Waals surface area contributed by atoms with Gasteiger partial charge < -0.3 is 5.73 Å². The first-order valence-electron chi connectivity index (χ1n) is 7.59. The first-order chi connectivity index (χ1) is 11.3. The third-order valence-electron chi connectivity index (χ3n) is 4.32. The maximum Gasteiger partial charge on any atom is 0.332 e. The van der Waals surface area contributed by atoms with Crippen LogP contribution in [0.25, 0.3) is 0 Å². The third kappa shape index (κ3) is 3.16. The maximum atomic E-state index is 12.6. The summed E-state index contributed by atoms with van der Waals surface area (Å²) in [6.45, 7) is 2.00. The molecule has 0 bridgehead atoms. The van der Waals surface area contributed by atoms with Gasteiger partial charge in [-0.15, -0.1) is 0 Å². The van der Waals surface area contributed by atoms with E-state index in [0.717, 1.165) is 14.7 Å². The second-order valence-corrected chi connectivity index (χ2v) is 5.89. The first kappa shape index (κ1) is 17.7. The van der Waals surface area contributed by atoms with E-state index < -0.39 is 17.0 Å². The van der Waals surface area contributed by atoms with Gasteiger partial charge in [0.05, 0.1) is 6.54 Å². The summed E-state index contributed by atoms with van der Waals surface area (Å²) in [4.78, 5) is 38.5. The molecule has 0 spiro atoms. The first-order valence-corrected chi connectivity index (χ1v) is 7.59. The van der Waals surface area contributed by atoms with Gasteiger partial charge in [0.15, 0.2) is 5.78 Å². The lowest BCUT2D eigenvalue weighted by Gasteiger charge is -2.24. The fraction of sp³-hybridized carbons (Fsp3) is 0.353. The number of nitrogen functional groups attached to an aromatic ring is 1. The third-order valence-corrected chi connectivity index (χ3v) is 4.32. The van der Waals surface area contributed by atoms with Crippen molar-refractivity contribution in [1.82, 2.24) is 14.0 Å². The zero-order valence-corrected chi connectivity index (χ0v) is 14.3. The van der Waals surface area contributed by atoms with Gasteiger partial charge in [0, 0.05) is 20.1 Å². The molecular weight excluding hydrogens is 308 g/mol. The highest BCUT2D eigenvalue weighted by Crippen LogP contribution is 2.18. The van der Waals surface area contributed by atoms with E-state index in [-0.39, 0.29) is 24.0 Å². The number of rotatable bonds is 5. The Morgan fingerprint density at radius 3 is 2.33 bits per heavy atom. The van der Waals surface area contributed by atoms with Crippen molar-refractivity contribution in [2.75, 3.05) is 19.3 Å². The molecule has 2 rings (SSSR count). The highest BCUT2D eigenvalue weighted by molar-refractivity contribution is 6.01. The van der Waals surface area contributed by atoms with Crippen molar-refractivity contribution in [2.24, 2.45) is 14.1 Å². The van der Waals surface area contributed by atoms with E-state index in [1.54, 1.807) is 7.05 Å². The summed E-state index contributed by atoms with van der Waals surface area (Å²) in [6.07, 6.45) is 0. The van der Waals surface area contributed by atoms with Gasteiger partial charge >= 0.3 is 5.69 Å². The van der Waals surface area contributed by atoms with Gasteiger partial charge in [-0.25, -0.2) is 4.79 Å². The average Bonchev–Trinajstić information content (AvgIpc) is 2.58. The van der Waals surface area contributed by atoms with E-state index in [0.29, 0.717) is 0 Å². The lowest BCUT2D eigenvalue weighted by molar-refractivity contribution is 0.0923. The van der Waals surface area contributed by atoms with Crippen LogP contribution in [-0.2, 0) is 14.1 Å². The predicted octanol–water partition coefficient (Wildman–Crippen LogP) is 0.542. The van der Waals surface area contributed by atoms with Crippen LogP contribution in [0, 0.1) is 0 Å². The number of ketones is 1. The predicted molar refractivity (Wildman–Crippen MR) is 93.2 cm³/mol. The number of likely N-dealkylation sites (N-methyl/N-ethyl adjacent to an activating group) is 1. The molecule has 0 saturated carbocycles. The molecule has 0 unspecified atom stereocenters. The highest BCUT2D eigenvalue weighted by atomic mass is 16.2. The molecular formula is C17H22N4O3. The van der Waals surface area contributed by atoms with Gasteiger partial charge in [-0.05, 0) is 19.5 Å². The van der Waals surface area contributed by atoms with E-state index in [1.807, 2.05) is 42.2 Å². The van der Waals surface area contributed by atoms with Crippen LogP contribution in [0.2, 0.25) is 0 Å².